The van der Waals surface area contributed by atoms with E-state index >= 15 is 0 Å². The summed E-state index contributed by atoms with van der Waals surface area (Å²) >= 11 is 1.56. The lowest BCUT2D eigenvalue weighted by Crippen LogP contribution is -2.51. The van der Waals surface area contributed by atoms with Crippen LogP contribution < -0.4 is 10.9 Å². The van der Waals surface area contributed by atoms with Crippen LogP contribution in [0.15, 0.2) is 40.3 Å². The molecule has 6 heteroatoms. The Labute approximate surface area is 169 Å². The van der Waals surface area contributed by atoms with E-state index in [9.17, 15) is 9.59 Å². The van der Waals surface area contributed by atoms with E-state index in [1.165, 1.54) is 0 Å². The van der Waals surface area contributed by atoms with Gasteiger partial charge in [-0.3, -0.25) is 9.59 Å². The number of nitrogens with one attached hydrogen (secondary N) is 2. The van der Waals surface area contributed by atoms with Crippen LogP contribution in [0.2, 0.25) is 0 Å². The quantitative estimate of drug-likeness (QED) is 0.597. The highest BCUT2D eigenvalue weighted by Crippen LogP contribution is 2.48. The number of Topliss-reactive ketones (excluding diaryl/α,β-unsaturated/α-hetero) is 1. The number of hydrogen-bond acceptors (Lipinski definition) is 5. The Morgan fingerprint density at radius 2 is 1.96 bits per heavy atom. The number of rotatable bonds is 4. The highest BCUT2D eigenvalue weighted by Gasteiger charge is 2.49. The summed E-state index contributed by atoms with van der Waals surface area (Å²) in [4.78, 5) is 33.9. The molecular formula is C22H27N3O2S. The van der Waals surface area contributed by atoms with E-state index in [1.54, 1.807) is 11.8 Å². The van der Waals surface area contributed by atoms with Crippen LogP contribution in [-0.2, 0) is 4.79 Å². The maximum absolute atomic E-state index is 13.2. The first kappa shape index (κ1) is 19.2. The molecule has 0 spiro atoms. The molecule has 1 fully saturated rings. The second-order valence-corrected chi connectivity index (χ2v) is 9.74. The molecule has 28 heavy (non-hydrogen) atoms. The van der Waals surface area contributed by atoms with E-state index in [0.717, 1.165) is 24.2 Å². The van der Waals surface area contributed by atoms with Gasteiger partial charge in [-0.1, -0.05) is 62.9 Å². The standard InChI is InChI=1S/C22H27N3O2S/c1-4-10-28-21-24-19-18(20(27)25-21)16(13-8-6-5-7-9-13)17-14(23-19)11-22(2,3)12-15(17)26/h5-9,14,16-17H,4,10-12H2,1-3H3,(H2,23,24,25,27). The summed E-state index contributed by atoms with van der Waals surface area (Å²) in [5.74, 6) is 1.29. The number of fused-ring (bicyclic) bond motifs is 2. The zero-order chi connectivity index (χ0) is 19.9. The third-order valence-corrected chi connectivity index (χ3v) is 6.84. The number of ketones is 1. The normalized spacial score (nSPS) is 25.5. The first-order valence-corrected chi connectivity index (χ1v) is 11.0. The van der Waals surface area contributed by atoms with Gasteiger partial charge in [-0.15, -0.1) is 0 Å². The van der Waals surface area contributed by atoms with E-state index in [-0.39, 0.29) is 34.6 Å². The molecule has 4 rings (SSSR count). The van der Waals surface area contributed by atoms with Crippen LogP contribution >= 0.6 is 11.8 Å². The van der Waals surface area contributed by atoms with Gasteiger partial charge in [0.05, 0.1) is 5.56 Å². The summed E-state index contributed by atoms with van der Waals surface area (Å²) in [6, 6.07) is 9.92. The predicted molar refractivity (Wildman–Crippen MR) is 113 cm³/mol. The first-order valence-electron chi connectivity index (χ1n) is 10.0. The first-order chi connectivity index (χ1) is 13.4. The maximum Gasteiger partial charge on any atom is 0.257 e. The molecule has 2 heterocycles. The van der Waals surface area contributed by atoms with E-state index in [0.29, 0.717) is 23.0 Å². The van der Waals surface area contributed by atoms with Crippen molar-refractivity contribution in [2.75, 3.05) is 11.1 Å². The number of hydrogen-bond donors (Lipinski definition) is 2. The maximum atomic E-state index is 13.2. The van der Waals surface area contributed by atoms with Gasteiger partial charge in [-0.05, 0) is 23.8 Å². The SMILES string of the molecule is CCCSc1nc2c(c(=O)[nH]1)C(c1ccccc1)C1C(=O)CC(C)(C)CC1N2. The minimum atomic E-state index is -0.257. The van der Waals surface area contributed by atoms with Gasteiger partial charge in [0.1, 0.15) is 11.6 Å². The van der Waals surface area contributed by atoms with Crippen molar-refractivity contribution in [1.82, 2.24) is 9.97 Å². The van der Waals surface area contributed by atoms with Crippen molar-refractivity contribution >= 4 is 23.4 Å². The topological polar surface area (TPSA) is 74.8 Å². The van der Waals surface area contributed by atoms with Gasteiger partial charge in [-0.25, -0.2) is 4.98 Å². The van der Waals surface area contributed by atoms with Crippen LogP contribution in [0, 0.1) is 11.3 Å². The van der Waals surface area contributed by atoms with Crippen LogP contribution in [0.4, 0.5) is 5.82 Å². The van der Waals surface area contributed by atoms with Crippen LogP contribution in [-0.4, -0.2) is 27.5 Å². The fraction of sp³-hybridized carbons (Fsp3) is 0.500. The Kier molecular flexibility index (Phi) is 5.08. The van der Waals surface area contributed by atoms with Crippen molar-refractivity contribution < 1.29 is 4.79 Å². The molecule has 1 aliphatic carbocycles. The zero-order valence-corrected chi connectivity index (χ0v) is 17.4. The number of H-pyrrole nitrogens is 1. The Bertz CT molecular complexity index is 939. The number of thioether (sulfide) groups is 1. The molecule has 1 aromatic carbocycles. The minimum absolute atomic E-state index is 0.00715. The molecule has 0 radical (unpaired) electrons. The molecule has 1 aliphatic heterocycles. The molecule has 0 bridgehead atoms. The lowest BCUT2D eigenvalue weighted by molar-refractivity contribution is -0.129. The summed E-state index contributed by atoms with van der Waals surface area (Å²) < 4.78 is 0. The molecule has 0 amide bonds. The zero-order valence-electron chi connectivity index (χ0n) is 16.6. The third-order valence-electron chi connectivity index (χ3n) is 5.76. The smallest absolute Gasteiger partial charge is 0.257 e. The summed E-state index contributed by atoms with van der Waals surface area (Å²) in [6.07, 6.45) is 2.45. The monoisotopic (exact) mass is 397 g/mol. The van der Waals surface area contributed by atoms with Gasteiger partial charge in [0.2, 0.25) is 0 Å². The molecule has 5 nitrogen and oxygen atoms in total. The average molecular weight is 398 g/mol. The predicted octanol–water partition coefficient (Wildman–Crippen LogP) is 4.20. The van der Waals surface area contributed by atoms with E-state index in [2.05, 4.69) is 31.1 Å². The fourth-order valence-corrected chi connectivity index (χ4v) is 5.40. The number of nitrogens with zero attached hydrogens (tertiary/aromatic N) is 1. The average Bonchev–Trinajstić information content (AvgIpc) is 2.64. The van der Waals surface area contributed by atoms with Crippen LogP contribution in [0.5, 0.6) is 0 Å². The van der Waals surface area contributed by atoms with Gasteiger partial charge in [0.25, 0.3) is 5.56 Å². The Hall–Kier alpha value is -2.08. The highest BCUT2D eigenvalue weighted by molar-refractivity contribution is 7.99. The van der Waals surface area contributed by atoms with Crippen LogP contribution in [0.1, 0.15) is 57.1 Å². The van der Waals surface area contributed by atoms with E-state index in [4.69, 9.17) is 4.98 Å². The Morgan fingerprint density at radius 3 is 2.68 bits per heavy atom. The molecule has 2 aliphatic rings. The van der Waals surface area contributed by atoms with Crippen LogP contribution in [0.3, 0.4) is 0 Å². The molecule has 148 valence electrons. The summed E-state index contributed by atoms with van der Waals surface area (Å²) in [5.41, 5.74) is 1.42. The molecule has 1 saturated carbocycles. The van der Waals surface area contributed by atoms with Gasteiger partial charge >= 0.3 is 0 Å². The minimum Gasteiger partial charge on any atom is -0.366 e. The van der Waals surface area contributed by atoms with Crippen molar-refractivity contribution in [3.8, 4) is 0 Å². The summed E-state index contributed by atoms with van der Waals surface area (Å²) in [5, 5.41) is 4.12. The van der Waals surface area contributed by atoms with Gasteiger partial charge in [0, 0.05) is 30.1 Å². The van der Waals surface area contributed by atoms with Crippen molar-refractivity contribution in [2.45, 2.75) is 57.1 Å². The number of carbonyl (C=O) groups excluding carboxylic acids is 1. The number of aromatic nitrogens is 2. The fourth-order valence-electron chi connectivity index (χ4n) is 4.68. The lowest BCUT2D eigenvalue weighted by atomic mass is 9.62. The summed E-state index contributed by atoms with van der Waals surface area (Å²) in [7, 11) is 0. The Balaban J connectivity index is 1.86. The van der Waals surface area contributed by atoms with Gasteiger partial charge in [0.15, 0.2) is 5.16 Å². The molecule has 1 aromatic heterocycles. The van der Waals surface area contributed by atoms with Crippen molar-refractivity contribution in [3.05, 3.63) is 51.8 Å². The largest absolute Gasteiger partial charge is 0.366 e. The number of benzene rings is 1. The summed E-state index contributed by atoms with van der Waals surface area (Å²) in [6.45, 7) is 6.39. The highest BCUT2D eigenvalue weighted by atomic mass is 32.2. The number of anilines is 1. The molecule has 3 unspecified atom stereocenters. The van der Waals surface area contributed by atoms with Crippen molar-refractivity contribution in [3.63, 3.8) is 0 Å². The van der Waals surface area contributed by atoms with Gasteiger partial charge in [-0.2, -0.15) is 0 Å². The second kappa shape index (κ2) is 7.39. The van der Waals surface area contributed by atoms with Crippen molar-refractivity contribution in [1.29, 1.82) is 0 Å². The van der Waals surface area contributed by atoms with E-state index in [1.807, 2.05) is 30.3 Å². The van der Waals surface area contributed by atoms with Crippen molar-refractivity contribution in [2.24, 2.45) is 11.3 Å². The van der Waals surface area contributed by atoms with Gasteiger partial charge < -0.3 is 10.3 Å². The molecular weight excluding hydrogens is 370 g/mol. The lowest BCUT2D eigenvalue weighted by Gasteiger charge is -2.46. The van der Waals surface area contributed by atoms with Crippen LogP contribution in [0.25, 0.3) is 0 Å². The third kappa shape index (κ3) is 3.50. The molecule has 2 aromatic rings. The number of carbonyl (C=O) groups is 1. The molecule has 3 atom stereocenters. The molecule has 2 N–H and O–H groups in total. The molecule has 0 saturated heterocycles. The van der Waals surface area contributed by atoms with E-state index < -0.39 is 0 Å². The second-order valence-electron chi connectivity index (χ2n) is 8.66. The number of aromatic amines is 1. The Morgan fingerprint density at radius 1 is 1.21 bits per heavy atom.